The topological polar surface area (TPSA) is 112 Å². The summed E-state index contributed by atoms with van der Waals surface area (Å²) >= 11 is 1.27. The van der Waals surface area contributed by atoms with Crippen molar-refractivity contribution in [1.82, 2.24) is 15.5 Å². The molecular formula is C27H31FN4O4S. The van der Waals surface area contributed by atoms with E-state index in [1.807, 2.05) is 0 Å². The van der Waals surface area contributed by atoms with Crippen molar-refractivity contribution in [3.05, 3.63) is 45.9 Å². The third-order valence-electron chi connectivity index (χ3n) is 6.79. The summed E-state index contributed by atoms with van der Waals surface area (Å²) in [6, 6.07) is 6.70. The number of thiophene rings is 1. The maximum absolute atomic E-state index is 15.0. The number of hydrogen-bond acceptors (Lipinski definition) is 6. The molecule has 0 radical (unpaired) electrons. The largest absolute Gasteiger partial charge is 0.444 e. The zero-order chi connectivity index (χ0) is 26.9. The molecule has 0 unspecified atom stereocenters. The number of likely N-dealkylation sites (tertiary alicyclic amines) is 1. The Kier molecular flexibility index (Phi) is 7.55. The maximum atomic E-state index is 15.0. The molecule has 37 heavy (non-hydrogen) atoms. The number of carbonyl (C=O) groups is 3. The standard InChI is InChI=1S/C27H31FN4O4S/c1-27(2,3)36-26(35)32-20-8-7-17(10-20)23(32)25(34)31-19(13-29)9-16-6-5-15(11-21(16)28)18-12-22(37-14-18)24(33)30-4/h5-6,11-12,14,17,19-20,23H,7-10H2,1-4H3,(H,30,33)(H,31,34)/t17-,19-,20+,23-/m0/s1. The zero-order valence-electron chi connectivity index (χ0n) is 21.3. The molecule has 2 N–H and O–H groups in total. The summed E-state index contributed by atoms with van der Waals surface area (Å²) < 4.78 is 20.5. The lowest BCUT2D eigenvalue weighted by atomic mass is 9.97. The van der Waals surface area contributed by atoms with Crippen molar-refractivity contribution in [3.63, 3.8) is 0 Å². The Labute approximate surface area is 219 Å². The first-order valence-electron chi connectivity index (χ1n) is 12.3. The van der Waals surface area contributed by atoms with Crippen LogP contribution in [0, 0.1) is 23.1 Å². The molecule has 4 rings (SSSR count). The Balaban J connectivity index is 1.44. The Bertz CT molecular complexity index is 1250. The van der Waals surface area contributed by atoms with Crippen molar-refractivity contribution in [2.45, 2.75) is 70.2 Å². The maximum Gasteiger partial charge on any atom is 0.411 e. The average Bonchev–Trinajstić information content (AvgIpc) is 3.59. The molecule has 2 heterocycles. The number of benzene rings is 1. The van der Waals surface area contributed by atoms with Gasteiger partial charge in [0.1, 0.15) is 23.5 Å². The molecule has 1 aromatic carbocycles. The molecule has 2 aliphatic rings. The summed E-state index contributed by atoms with van der Waals surface area (Å²) in [4.78, 5) is 39.9. The minimum atomic E-state index is -0.964. The Morgan fingerprint density at radius 3 is 2.65 bits per heavy atom. The second kappa shape index (κ2) is 10.5. The summed E-state index contributed by atoms with van der Waals surface area (Å²) in [5.74, 6) is -1.11. The summed E-state index contributed by atoms with van der Waals surface area (Å²) in [7, 11) is 1.55. The van der Waals surface area contributed by atoms with Gasteiger partial charge in [-0.2, -0.15) is 5.26 Å². The van der Waals surface area contributed by atoms with E-state index in [0.29, 0.717) is 10.4 Å². The van der Waals surface area contributed by atoms with Crippen LogP contribution < -0.4 is 10.6 Å². The van der Waals surface area contributed by atoms with Gasteiger partial charge in [0.25, 0.3) is 5.91 Å². The SMILES string of the molecule is CNC(=O)c1cc(-c2ccc(C[C@@H](C#N)NC(=O)[C@@H]3[C@H]4CC[C@H](C4)N3C(=O)OC(C)(C)C)c(F)c2)cs1. The van der Waals surface area contributed by atoms with Crippen LogP contribution >= 0.6 is 11.3 Å². The van der Waals surface area contributed by atoms with Crippen LogP contribution in [0.5, 0.6) is 0 Å². The van der Waals surface area contributed by atoms with E-state index in [0.717, 1.165) is 24.8 Å². The summed E-state index contributed by atoms with van der Waals surface area (Å²) in [5, 5.41) is 16.8. The highest BCUT2D eigenvalue weighted by atomic mass is 32.1. The lowest BCUT2D eigenvalue weighted by Crippen LogP contribution is -2.55. The van der Waals surface area contributed by atoms with Crippen molar-refractivity contribution < 1.29 is 23.5 Å². The number of nitrogens with one attached hydrogen (secondary N) is 2. The second-order valence-electron chi connectivity index (χ2n) is 10.5. The first-order valence-corrected chi connectivity index (χ1v) is 13.2. The lowest BCUT2D eigenvalue weighted by molar-refractivity contribution is -0.128. The van der Waals surface area contributed by atoms with Gasteiger partial charge in [-0.15, -0.1) is 11.3 Å². The first-order chi connectivity index (χ1) is 17.5. The van der Waals surface area contributed by atoms with Gasteiger partial charge in [-0.3, -0.25) is 14.5 Å². The van der Waals surface area contributed by atoms with Gasteiger partial charge in [-0.05, 0) is 80.2 Å². The van der Waals surface area contributed by atoms with Gasteiger partial charge in [-0.1, -0.05) is 12.1 Å². The number of amides is 3. The van der Waals surface area contributed by atoms with Crippen LogP contribution in [0.15, 0.2) is 29.6 Å². The van der Waals surface area contributed by atoms with E-state index >= 15 is 0 Å². The van der Waals surface area contributed by atoms with Gasteiger partial charge in [0, 0.05) is 19.5 Å². The van der Waals surface area contributed by atoms with Gasteiger partial charge in [0.15, 0.2) is 0 Å². The molecular weight excluding hydrogens is 495 g/mol. The van der Waals surface area contributed by atoms with Crippen LogP contribution in [0.2, 0.25) is 0 Å². The summed E-state index contributed by atoms with van der Waals surface area (Å²) in [6.45, 7) is 5.33. The monoisotopic (exact) mass is 526 g/mol. The Morgan fingerprint density at radius 2 is 2.00 bits per heavy atom. The van der Waals surface area contributed by atoms with E-state index in [9.17, 15) is 24.0 Å². The van der Waals surface area contributed by atoms with Crippen LogP contribution in [0.25, 0.3) is 11.1 Å². The molecule has 10 heteroatoms. The van der Waals surface area contributed by atoms with E-state index < -0.39 is 35.5 Å². The van der Waals surface area contributed by atoms with Crippen molar-refractivity contribution in [3.8, 4) is 17.2 Å². The average molecular weight is 527 g/mol. The molecule has 8 nitrogen and oxygen atoms in total. The minimum Gasteiger partial charge on any atom is -0.444 e. The van der Waals surface area contributed by atoms with E-state index in [4.69, 9.17) is 4.74 Å². The highest BCUT2D eigenvalue weighted by Gasteiger charge is 2.52. The fraction of sp³-hybridized carbons (Fsp3) is 0.481. The number of ether oxygens (including phenoxy) is 1. The Hall–Kier alpha value is -3.45. The molecule has 2 fully saturated rings. The summed E-state index contributed by atoms with van der Waals surface area (Å²) in [6.07, 6.45) is 1.84. The highest BCUT2D eigenvalue weighted by molar-refractivity contribution is 7.12. The molecule has 3 amide bonds. The van der Waals surface area contributed by atoms with E-state index in [1.165, 1.54) is 22.3 Å². The fourth-order valence-corrected chi connectivity index (χ4v) is 5.99. The number of piperidine rings is 1. The lowest BCUT2D eigenvalue weighted by Gasteiger charge is -2.35. The van der Waals surface area contributed by atoms with Gasteiger partial charge in [0.2, 0.25) is 5.91 Å². The molecule has 196 valence electrons. The molecule has 1 aromatic heterocycles. The molecule has 1 aliphatic carbocycles. The number of fused-ring (bicyclic) bond motifs is 2. The molecule has 2 bridgehead atoms. The number of rotatable bonds is 6. The Morgan fingerprint density at radius 1 is 1.24 bits per heavy atom. The predicted octanol–water partition coefficient (Wildman–Crippen LogP) is 4.25. The summed E-state index contributed by atoms with van der Waals surface area (Å²) in [5.41, 5.74) is 0.929. The minimum absolute atomic E-state index is 0.0122. The molecule has 4 atom stereocenters. The van der Waals surface area contributed by atoms with Gasteiger partial charge >= 0.3 is 6.09 Å². The van der Waals surface area contributed by atoms with Crippen LogP contribution in [0.4, 0.5) is 9.18 Å². The van der Waals surface area contributed by atoms with Crippen molar-refractivity contribution in [2.24, 2.45) is 5.92 Å². The number of nitrogens with zero attached hydrogens (tertiary/aromatic N) is 2. The molecule has 2 aromatic rings. The third-order valence-corrected chi connectivity index (χ3v) is 7.72. The second-order valence-corrected chi connectivity index (χ2v) is 11.4. The van der Waals surface area contributed by atoms with Crippen molar-refractivity contribution in [2.75, 3.05) is 7.05 Å². The number of nitriles is 1. The molecule has 1 saturated carbocycles. The van der Waals surface area contributed by atoms with Gasteiger partial charge in [-0.25, -0.2) is 9.18 Å². The third kappa shape index (κ3) is 5.77. The van der Waals surface area contributed by atoms with Crippen molar-refractivity contribution in [1.29, 1.82) is 5.26 Å². The number of carbonyl (C=O) groups excluding carboxylic acids is 3. The number of hydrogen-bond donors (Lipinski definition) is 2. The van der Waals surface area contributed by atoms with E-state index in [2.05, 4.69) is 16.7 Å². The van der Waals surface area contributed by atoms with E-state index in [1.54, 1.807) is 51.4 Å². The van der Waals surface area contributed by atoms with Crippen LogP contribution in [0.1, 0.15) is 55.3 Å². The predicted molar refractivity (Wildman–Crippen MR) is 137 cm³/mol. The van der Waals surface area contributed by atoms with Crippen LogP contribution in [0.3, 0.4) is 0 Å². The zero-order valence-corrected chi connectivity index (χ0v) is 22.2. The molecule has 0 spiro atoms. The normalized spacial score (nSPS) is 21.3. The van der Waals surface area contributed by atoms with Crippen molar-refractivity contribution >= 4 is 29.2 Å². The quantitative estimate of drug-likeness (QED) is 0.585. The smallest absolute Gasteiger partial charge is 0.411 e. The van der Waals surface area contributed by atoms with Crippen LogP contribution in [-0.4, -0.2) is 53.6 Å². The first kappa shape index (κ1) is 26.6. The van der Waals surface area contributed by atoms with Gasteiger partial charge in [0.05, 0.1) is 10.9 Å². The highest BCUT2D eigenvalue weighted by Crippen LogP contribution is 2.43. The number of halogens is 1. The van der Waals surface area contributed by atoms with Crippen LogP contribution in [-0.2, 0) is 16.0 Å². The van der Waals surface area contributed by atoms with Gasteiger partial charge < -0.3 is 15.4 Å². The molecule has 1 aliphatic heterocycles. The molecule has 1 saturated heterocycles. The van der Waals surface area contributed by atoms with E-state index in [-0.39, 0.29) is 29.9 Å². The fourth-order valence-electron chi connectivity index (χ4n) is 5.13.